The second kappa shape index (κ2) is 3.83. The first-order valence-electron chi connectivity index (χ1n) is 2.83. The van der Waals surface area contributed by atoms with Crippen LogP contribution in [0.4, 0.5) is 0 Å². The Morgan fingerprint density at radius 3 is 2.73 bits per heavy atom. The summed E-state index contributed by atoms with van der Waals surface area (Å²) in [6.07, 6.45) is 5.21. The summed E-state index contributed by atoms with van der Waals surface area (Å²) >= 11 is 5.16. The van der Waals surface area contributed by atoms with Crippen molar-refractivity contribution >= 4 is 16.8 Å². The fourth-order valence-electron chi connectivity index (χ4n) is 0.486. The molecule has 0 amide bonds. The SMILES string of the molecule is O=C(Cl)c1ccoccoc1. The molecular weight excluding hydrogens is 168 g/mol. The van der Waals surface area contributed by atoms with Crippen LogP contribution >= 0.6 is 11.6 Å². The maximum Gasteiger partial charge on any atom is 0.255 e. The van der Waals surface area contributed by atoms with Gasteiger partial charge in [0, 0.05) is 0 Å². The van der Waals surface area contributed by atoms with E-state index in [9.17, 15) is 4.79 Å². The average molecular weight is 173 g/mol. The molecule has 1 aromatic heterocycles. The Kier molecular flexibility index (Phi) is 2.74. The van der Waals surface area contributed by atoms with Gasteiger partial charge >= 0.3 is 0 Å². The first-order valence-corrected chi connectivity index (χ1v) is 3.21. The molecule has 11 heavy (non-hydrogen) atoms. The molecule has 0 N–H and O–H groups in total. The van der Waals surface area contributed by atoms with Crippen molar-refractivity contribution < 1.29 is 13.6 Å². The van der Waals surface area contributed by atoms with Crippen LogP contribution in [0.3, 0.4) is 0 Å². The normalized spacial score (nSPS) is 8.82. The first kappa shape index (κ1) is 7.88. The fourth-order valence-corrected chi connectivity index (χ4v) is 0.593. The number of carbonyl (C=O) groups is 1. The largest absolute Gasteiger partial charge is 0.469 e. The van der Waals surface area contributed by atoms with Crippen LogP contribution in [0, 0.1) is 0 Å². The molecule has 0 aliphatic heterocycles. The molecule has 0 saturated heterocycles. The van der Waals surface area contributed by atoms with Crippen LogP contribution in [0.15, 0.2) is 40.0 Å². The molecule has 1 rings (SSSR count). The second-order valence-electron chi connectivity index (χ2n) is 1.69. The van der Waals surface area contributed by atoms with Gasteiger partial charge in [-0.3, -0.25) is 4.79 Å². The van der Waals surface area contributed by atoms with E-state index in [0.29, 0.717) is 0 Å². The van der Waals surface area contributed by atoms with Crippen molar-refractivity contribution in [2.24, 2.45) is 0 Å². The molecule has 0 aliphatic rings. The Morgan fingerprint density at radius 2 is 2.00 bits per heavy atom. The number of rotatable bonds is 1. The number of hydrogen-bond donors (Lipinski definition) is 0. The molecule has 3 nitrogen and oxygen atoms in total. The highest BCUT2D eigenvalue weighted by Gasteiger charge is 1.97. The van der Waals surface area contributed by atoms with Crippen LogP contribution in [0.2, 0.25) is 0 Å². The summed E-state index contributed by atoms with van der Waals surface area (Å²) in [7, 11) is 0. The summed E-state index contributed by atoms with van der Waals surface area (Å²) < 4.78 is 9.44. The molecule has 0 unspecified atom stereocenters. The Balaban J connectivity index is 3.12. The minimum Gasteiger partial charge on any atom is -0.469 e. The van der Waals surface area contributed by atoms with Crippen molar-refractivity contribution in [3.05, 3.63) is 36.7 Å². The van der Waals surface area contributed by atoms with E-state index in [2.05, 4.69) is 0 Å². The van der Waals surface area contributed by atoms with Crippen molar-refractivity contribution in [3.63, 3.8) is 0 Å². The van der Waals surface area contributed by atoms with Gasteiger partial charge in [-0.05, 0) is 17.7 Å². The minimum absolute atomic E-state index is 0.246. The third kappa shape index (κ3) is 2.47. The molecular formula is C7H5ClO3. The van der Waals surface area contributed by atoms with Crippen molar-refractivity contribution in [3.8, 4) is 0 Å². The Hall–Kier alpha value is -1.22. The number of hydrogen-bond acceptors (Lipinski definition) is 3. The average Bonchev–Trinajstić information content (AvgIpc) is 1.84. The lowest BCUT2D eigenvalue weighted by Gasteiger charge is -1.85. The summed E-state index contributed by atoms with van der Waals surface area (Å²) in [5.74, 6) is 0. The molecule has 0 aromatic carbocycles. The van der Waals surface area contributed by atoms with E-state index in [4.69, 9.17) is 20.4 Å². The molecule has 4 heteroatoms. The van der Waals surface area contributed by atoms with E-state index in [1.807, 2.05) is 0 Å². The van der Waals surface area contributed by atoms with Gasteiger partial charge in [-0.2, -0.15) is 0 Å². The smallest absolute Gasteiger partial charge is 0.255 e. The lowest BCUT2D eigenvalue weighted by Crippen LogP contribution is -1.83. The number of carbonyl (C=O) groups excluding carboxylic acids is 1. The Morgan fingerprint density at radius 1 is 1.27 bits per heavy atom. The van der Waals surface area contributed by atoms with E-state index in [1.54, 1.807) is 0 Å². The predicted octanol–water partition coefficient (Wildman–Crippen LogP) is 2.38. The quantitative estimate of drug-likeness (QED) is 0.611. The molecule has 58 valence electrons. The summed E-state index contributed by atoms with van der Waals surface area (Å²) in [4.78, 5) is 10.6. The summed E-state index contributed by atoms with van der Waals surface area (Å²) in [6, 6.07) is 1.42. The minimum atomic E-state index is -0.583. The zero-order valence-electron chi connectivity index (χ0n) is 5.49. The summed E-state index contributed by atoms with van der Waals surface area (Å²) in [6.45, 7) is 0. The van der Waals surface area contributed by atoms with Crippen LogP contribution in [0.25, 0.3) is 0 Å². The molecule has 0 spiro atoms. The maximum absolute atomic E-state index is 10.6. The maximum atomic E-state index is 10.6. The predicted molar refractivity (Wildman–Crippen MR) is 38.8 cm³/mol. The summed E-state index contributed by atoms with van der Waals surface area (Å²) in [5.41, 5.74) is 0.246. The molecule has 1 heterocycles. The van der Waals surface area contributed by atoms with Gasteiger partial charge in [-0.1, -0.05) is 0 Å². The molecule has 0 saturated carbocycles. The Labute approximate surface area is 67.9 Å². The number of halogens is 1. The van der Waals surface area contributed by atoms with Gasteiger partial charge in [0.25, 0.3) is 5.24 Å². The van der Waals surface area contributed by atoms with Gasteiger partial charge in [0.1, 0.15) is 18.8 Å². The van der Waals surface area contributed by atoms with Gasteiger partial charge in [0.05, 0.1) is 11.8 Å². The molecule has 0 atom stereocenters. The van der Waals surface area contributed by atoms with Gasteiger partial charge in [0.2, 0.25) is 0 Å². The molecule has 0 radical (unpaired) electrons. The standard InChI is InChI=1S/C7H5ClO3/c8-7(9)6-1-2-10-3-4-11-5-6/h1-5H. The van der Waals surface area contributed by atoms with Crippen LogP contribution in [0.5, 0.6) is 0 Å². The van der Waals surface area contributed by atoms with Gasteiger partial charge in [-0.25, -0.2) is 0 Å². The molecule has 0 aliphatic carbocycles. The van der Waals surface area contributed by atoms with Crippen molar-refractivity contribution in [1.29, 1.82) is 0 Å². The monoisotopic (exact) mass is 172 g/mol. The lowest BCUT2D eigenvalue weighted by molar-refractivity contribution is 0.107. The topological polar surface area (TPSA) is 43.4 Å². The second-order valence-corrected chi connectivity index (χ2v) is 2.04. The third-order valence-corrected chi connectivity index (χ3v) is 1.18. The van der Waals surface area contributed by atoms with Crippen molar-refractivity contribution in [2.45, 2.75) is 0 Å². The van der Waals surface area contributed by atoms with Crippen LogP contribution in [-0.2, 0) is 0 Å². The molecule has 0 bridgehead atoms. The molecule has 1 aromatic rings. The van der Waals surface area contributed by atoms with E-state index < -0.39 is 5.24 Å². The van der Waals surface area contributed by atoms with Gasteiger partial charge in [0.15, 0.2) is 0 Å². The van der Waals surface area contributed by atoms with E-state index in [1.165, 1.54) is 31.1 Å². The zero-order valence-corrected chi connectivity index (χ0v) is 6.25. The van der Waals surface area contributed by atoms with Gasteiger partial charge < -0.3 is 8.83 Å². The summed E-state index contributed by atoms with van der Waals surface area (Å²) in [5, 5.41) is -0.583. The molecule has 0 fully saturated rings. The third-order valence-electron chi connectivity index (χ3n) is 0.961. The van der Waals surface area contributed by atoms with Crippen LogP contribution < -0.4 is 0 Å². The highest BCUT2D eigenvalue weighted by molar-refractivity contribution is 6.67. The zero-order chi connectivity index (χ0) is 8.10. The van der Waals surface area contributed by atoms with Crippen LogP contribution in [-0.4, -0.2) is 5.24 Å². The van der Waals surface area contributed by atoms with Crippen LogP contribution in [0.1, 0.15) is 10.4 Å². The highest BCUT2D eigenvalue weighted by Crippen LogP contribution is 1.99. The van der Waals surface area contributed by atoms with Crippen molar-refractivity contribution in [1.82, 2.24) is 0 Å². The Bertz CT molecular complexity index is 266. The fraction of sp³-hybridized carbons (Fsp3) is 0. The van der Waals surface area contributed by atoms with E-state index in [-0.39, 0.29) is 5.56 Å². The van der Waals surface area contributed by atoms with E-state index in [0.717, 1.165) is 0 Å². The van der Waals surface area contributed by atoms with Crippen molar-refractivity contribution in [2.75, 3.05) is 0 Å². The van der Waals surface area contributed by atoms with E-state index >= 15 is 0 Å². The lowest BCUT2D eigenvalue weighted by atomic mass is 10.4. The highest BCUT2D eigenvalue weighted by atomic mass is 35.5. The first-order chi connectivity index (χ1) is 5.30. The van der Waals surface area contributed by atoms with Gasteiger partial charge in [-0.15, -0.1) is 0 Å².